The molecule has 16 heteroatoms. The van der Waals surface area contributed by atoms with E-state index >= 15 is 0 Å². The molecule has 0 aliphatic carbocycles. The minimum absolute atomic E-state index is 0.0863. The topological polar surface area (TPSA) is 172 Å². The van der Waals surface area contributed by atoms with E-state index in [0.29, 0.717) is 170 Å². The van der Waals surface area contributed by atoms with Crippen molar-refractivity contribution in [3.05, 3.63) is 24.3 Å². The van der Waals surface area contributed by atoms with E-state index in [-0.39, 0.29) is 12.6 Å². The highest BCUT2D eigenvalue weighted by atomic mass is 16.6. The highest BCUT2D eigenvalue weighted by Gasteiger charge is 2.15. The van der Waals surface area contributed by atoms with Crippen LogP contribution in [0, 0.1) is 0 Å². The SMILES string of the molecule is CC(C)(C)OC(=O)COCCOCCOCCOCCOCCOCCOCCOCCOCCOCCOCCOCCOc1ccccc1N. The number of nitrogen functional groups attached to an aromatic ring is 1. The first-order valence-corrected chi connectivity index (χ1v) is 18.0. The number of esters is 1. The van der Waals surface area contributed by atoms with Crippen LogP contribution in [-0.2, 0) is 66.4 Å². The Labute approximate surface area is 309 Å². The highest BCUT2D eigenvalue weighted by Crippen LogP contribution is 2.19. The summed E-state index contributed by atoms with van der Waals surface area (Å²) in [7, 11) is 0. The minimum atomic E-state index is -0.514. The van der Waals surface area contributed by atoms with Gasteiger partial charge in [-0.25, -0.2) is 4.79 Å². The Morgan fingerprint density at radius 2 is 0.712 bits per heavy atom. The molecule has 0 amide bonds. The molecule has 1 rings (SSSR count). The molecule has 0 heterocycles. The van der Waals surface area contributed by atoms with E-state index in [1.165, 1.54) is 0 Å². The van der Waals surface area contributed by atoms with Gasteiger partial charge in [0, 0.05) is 0 Å². The van der Waals surface area contributed by atoms with E-state index in [0.717, 1.165) is 0 Å². The molecule has 0 radical (unpaired) electrons. The number of para-hydroxylation sites is 2. The molecule has 0 aromatic heterocycles. The van der Waals surface area contributed by atoms with Crippen molar-refractivity contribution >= 4 is 11.7 Å². The number of carbonyl (C=O) groups is 1. The standard InChI is InChI=1S/C36H65NO15/c1-36(2,3)52-35(38)32-50-29-28-48-25-24-46-21-20-44-17-16-42-13-12-40-9-8-39-10-11-41-14-15-43-18-19-45-22-23-47-26-27-49-30-31-51-34-7-5-4-6-33(34)37/h4-7H,8-32,37H2,1-3H3. The van der Waals surface area contributed by atoms with Gasteiger partial charge >= 0.3 is 5.97 Å². The molecule has 0 aliphatic rings. The first-order chi connectivity index (χ1) is 25.4. The molecule has 0 atom stereocenters. The Hall–Kier alpha value is -2.19. The normalized spacial score (nSPS) is 11.7. The molecule has 2 N–H and O–H groups in total. The molecule has 16 nitrogen and oxygen atoms in total. The van der Waals surface area contributed by atoms with Crippen LogP contribution in [-0.4, -0.2) is 177 Å². The van der Waals surface area contributed by atoms with Gasteiger partial charge in [-0.1, -0.05) is 12.1 Å². The lowest BCUT2D eigenvalue weighted by Gasteiger charge is -2.19. The summed E-state index contributed by atoms with van der Waals surface area (Å²) in [4.78, 5) is 11.5. The number of ether oxygens (including phenoxy) is 14. The Morgan fingerprint density at radius 3 is 1.00 bits per heavy atom. The summed E-state index contributed by atoms with van der Waals surface area (Å²) in [6.07, 6.45) is 0. The fourth-order valence-corrected chi connectivity index (χ4v) is 3.77. The molecule has 52 heavy (non-hydrogen) atoms. The van der Waals surface area contributed by atoms with Crippen molar-refractivity contribution in [3.63, 3.8) is 0 Å². The zero-order valence-corrected chi connectivity index (χ0v) is 31.7. The zero-order valence-electron chi connectivity index (χ0n) is 31.7. The van der Waals surface area contributed by atoms with Gasteiger partial charge in [0.25, 0.3) is 0 Å². The van der Waals surface area contributed by atoms with Crippen LogP contribution in [0.4, 0.5) is 5.69 Å². The number of hydrogen-bond acceptors (Lipinski definition) is 16. The van der Waals surface area contributed by atoms with Crippen LogP contribution < -0.4 is 10.5 Å². The number of carbonyl (C=O) groups excluding carboxylic acids is 1. The lowest BCUT2D eigenvalue weighted by atomic mass is 10.2. The van der Waals surface area contributed by atoms with Gasteiger partial charge in [0.2, 0.25) is 0 Å². The summed E-state index contributed by atoms with van der Waals surface area (Å²) in [5, 5.41) is 0. The van der Waals surface area contributed by atoms with Crippen LogP contribution in [0.1, 0.15) is 20.8 Å². The van der Waals surface area contributed by atoms with Crippen molar-refractivity contribution in [3.8, 4) is 5.75 Å². The second-order valence-electron chi connectivity index (χ2n) is 11.8. The Morgan fingerprint density at radius 1 is 0.442 bits per heavy atom. The van der Waals surface area contributed by atoms with E-state index in [9.17, 15) is 4.79 Å². The number of benzene rings is 1. The number of nitrogens with two attached hydrogens (primary N) is 1. The van der Waals surface area contributed by atoms with Crippen molar-refractivity contribution in [2.24, 2.45) is 0 Å². The second kappa shape index (κ2) is 35.8. The largest absolute Gasteiger partial charge is 0.489 e. The van der Waals surface area contributed by atoms with Gasteiger partial charge in [0.1, 0.15) is 24.6 Å². The summed E-state index contributed by atoms with van der Waals surface area (Å²) in [6, 6.07) is 7.37. The highest BCUT2D eigenvalue weighted by molar-refractivity contribution is 5.71. The molecular weight excluding hydrogens is 686 g/mol. The molecule has 0 fully saturated rings. The van der Waals surface area contributed by atoms with Crippen LogP contribution >= 0.6 is 0 Å². The van der Waals surface area contributed by atoms with E-state index in [2.05, 4.69) is 0 Å². The third kappa shape index (κ3) is 34.9. The monoisotopic (exact) mass is 751 g/mol. The fourth-order valence-electron chi connectivity index (χ4n) is 3.77. The molecule has 0 unspecified atom stereocenters. The predicted octanol–water partition coefficient (Wildman–Crippen LogP) is 2.19. The van der Waals surface area contributed by atoms with Crippen molar-refractivity contribution in [2.75, 3.05) is 171 Å². The minimum Gasteiger partial charge on any atom is -0.489 e. The molecule has 0 bridgehead atoms. The lowest BCUT2D eigenvalue weighted by molar-refractivity contribution is -0.160. The third-order valence-corrected chi connectivity index (χ3v) is 6.14. The Balaban J connectivity index is 1.63. The van der Waals surface area contributed by atoms with Gasteiger partial charge in [-0.3, -0.25) is 0 Å². The Bertz CT molecular complexity index is 922. The lowest BCUT2D eigenvalue weighted by Crippen LogP contribution is -2.27. The molecule has 304 valence electrons. The molecule has 1 aromatic carbocycles. The average molecular weight is 752 g/mol. The van der Waals surface area contributed by atoms with Crippen LogP contribution in [0.2, 0.25) is 0 Å². The van der Waals surface area contributed by atoms with E-state index < -0.39 is 5.60 Å². The molecule has 1 aromatic rings. The number of rotatable bonds is 39. The van der Waals surface area contributed by atoms with Gasteiger partial charge in [0.05, 0.1) is 158 Å². The summed E-state index contributed by atoms with van der Waals surface area (Å²) < 4.78 is 76.1. The van der Waals surface area contributed by atoms with E-state index in [1.54, 1.807) is 6.07 Å². The number of anilines is 1. The van der Waals surface area contributed by atoms with Gasteiger partial charge in [-0.05, 0) is 32.9 Å². The fraction of sp³-hybridized carbons (Fsp3) is 0.806. The van der Waals surface area contributed by atoms with Crippen LogP contribution in [0.25, 0.3) is 0 Å². The quantitative estimate of drug-likeness (QED) is 0.0589. The van der Waals surface area contributed by atoms with E-state index in [4.69, 9.17) is 72.0 Å². The third-order valence-electron chi connectivity index (χ3n) is 6.14. The molecular formula is C36H65NO15. The Kier molecular flexibility index (Phi) is 32.9. The first kappa shape index (κ1) is 47.8. The summed E-state index contributed by atoms with van der Waals surface area (Å²) >= 11 is 0. The maximum atomic E-state index is 11.5. The van der Waals surface area contributed by atoms with Crippen LogP contribution in [0.3, 0.4) is 0 Å². The predicted molar refractivity (Wildman–Crippen MR) is 192 cm³/mol. The summed E-state index contributed by atoms with van der Waals surface area (Å²) in [5.41, 5.74) is 5.92. The molecule has 0 aliphatic heterocycles. The molecule has 0 spiro atoms. The second-order valence-corrected chi connectivity index (χ2v) is 11.8. The van der Waals surface area contributed by atoms with Crippen molar-refractivity contribution < 1.29 is 71.1 Å². The van der Waals surface area contributed by atoms with E-state index in [1.807, 2.05) is 39.0 Å². The molecule has 0 saturated carbocycles. The maximum Gasteiger partial charge on any atom is 0.332 e. The van der Waals surface area contributed by atoms with Gasteiger partial charge < -0.3 is 72.0 Å². The van der Waals surface area contributed by atoms with Gasteiger partial charge in [0.15, 0.2) is 0 Å². The van der Waals surface area contributed by atoms with Crippen molar-refractivity contribution in [1.82, 2.24) is 0 Å². The van der Waals surface area contributed by atoms with Crippen LogP contribution in [0.5, 0.6) is 5.75 Å². The first-order valence-electron chi connectivity index (χ1n) is 18.0. The van der Waals surface area contributed by atoms with Gasteiger partial charge in [-0.15, -0.1) is 0 Å². The number of hydrogen-bond donors (Lipinski definition) is 1. The maximum absolute atomic E-state index is 11.5. The summed E-state index contributed by atoms with van der Waals surface area (Å²) in [6.45, 7) is 16.6. The average Bonchev–Trinajstić information content (AvgIpc) is 3.11. The van der Waals surface area contributed by atoms with Crippen LogP contribution in [0.15, 0.2) is 24.3 Å². The van der Waals surface area contributed by atoms with Crippen molar-refractivity contribution in [2.45, 2.75) is 26.4 Å². The molecule has 0 saturated heterocycles. The van der Waals surface area contributed by atoms with Crippen molar-refractivity contribution in [1.29, 1.82) is 0 Å². The zero-order chi connectivity index (χ0) is 37.6. The van der Waals surface area contributed by atoms with Gasteiger partial charge in [-0.2, -0.15) is 0 Å². The summed E-state index contributed by atoms with van der Waals surface area (Å²) in [5.74, 6) is 0.275. The smallest absolute Gasteiger partial charge is 0.332 e.